The van der Waals surface area contributed by atoms with E-state index in [0.29, 0.717) is 11.8 Å². The van der Waals surface area contributed by atoms with Crippen molar-refractivity contribution in [2.45, 2.75) is 25.0 Å². The van der Waals surface area contributed by atoms with E-state index < -0.39 is 6.10 Å². The zero-order chi connectivity index (χ0) is 15.1. The molecule has 0 aliphatic carbocycles. The predicted molar refractivity (Wildman–Crippen MR) is 88.5 cm³/mol. The molecule has 3 saturated heterocycles. The Morgan fingerprint density at radius 2 is 2.18 bits per heavy atom. The van der Waals surface area contributed by atoms with Gasteiger partial charge in [0, 0.05) is 24.2 Å². The van der Waals surface area contributed by atoms with Crippen molar-refractivity contribution in [2.75, 3.05) is 13.1 Å². The van der Waals surface area contributed by atoms with Crippen molar-refractivity contribution in [3.8, 4) is 0 Å². The highest BCUT2D eigenvalue weighted by atomic mass is 16.3. The number of piperidine rings is 3. The molecule has 3 aliphatic heterocycles. The fourth-order valence-electron chi connectivity index (χ4n) is 4.29. The van der Waals surface area contributed by atoms with E-state index >= 15 is 0 Å². The third-order valence-corrected chi connectivity index (χ3v) is 5.52. The molecule has 1 aromatic carbocycles. The lowest BCUT2D eigenvalue weighted by Gasteiger charge is -2.50. The first-order chi connectivity index (χ1) is 10.8. The summed E-state index contributed by atoms with van der Waals surface area (Å²) >= 11 is 0. The Bertz CT molecular complexity index is 693. The molecule has 0 amide bonds. The minimum atomic E-state index is -0.443. The van der Waals surface area contributed by atoms with Crippen molar-refractivity contribution in [3.05, 3.63) is 54.7 Å². The van der Waals surface area contributed by atoms with Crippen molar-refractivity contribution in [3.63, 3.8) is 0 Å². The third kappa shape index (κ3) is 2.16. The second kappa shape index (κ2) is 5.49. The summed E-state index contributed by atoms with van der Waals surface area (Å²) in [5.41, 5.74) is 1.97. The van der Waals surface area contributed by atoms with E-state index in [2.05, 4.69) is 28.6 Å². The molecule has 4 heterocycles. The van der Waals surface area contributed by atoms with Crippen molar-refractivity contribution >= 4 is 10.9 Å². The summed E-state index contributed by atoms with van der Waals surface area (Å²) in [5, 5.41) is 12.1. The summed E-state index contributed by atoms with van der Waals surface area (Å²) < 4.78 is 0. The van der Waals surface area contributed by atoms with Crippen LogP contribution in [0.3, 0.4) is 0 Å². The van der Waals surface area contributed by atoms with E-state index in [0.717, 1.165) is 36.0 Å². The number of benzene rings is 1. The van der Waals surface area contributed by atoms with Crippen LogP contribution in [0.25, 0.3) is 10.9 Å². The number of nitrogens with zero attached hydrogens (tertiary/aromatic N) is 2. The van der Waals surface area contributed by atoms with Crippen LogP contribution in [0.2, 0.25) is 0 Å². The molecule has 114 valence electrons. The Morgan fingerprint density at radius 3 is 2.95 bits per heavy atom. The minimum absolute atomic E-state index is 0.223. The van der Waals surface area contributed by atoms with Crippen molar-refractivity contribution in [1.82, 2.24) is 9.88 Å². The molecule has 3 fully saturated rings. The van der Waals surface area contributed by atoms with Gasteiger partial charge < -0.3 is 5.11 Å². The van der Waals surface area contributed by atoms with Crippen LogP contribution in [0.1, 0.15) is 24.5 Å². The van der Waals surface area contributed by atoms with Crippen molar-refractivity contribution in [1.29, 1.82) is 0 Å². The van der Waals surface area contributed by atoms with E-state index in [1.807, 2.05) is 30.5 Å². The zero-order valence-corrected chi connectivity index (χ0v) is 12.7. The highest BCUT2D eigenvalue weighted by molar-refractivity contribution is 5.82. The predicted octanol–water partition coefficient (Wildman–Crippen LogP) is 3.16. The SMILES string of the molecule is C=CC1CN2CC[C@@H]1C[C@@H]2[C@@H](O)c1ccnc2ccccc12. The Hall–Kier alpha value is -1.71. The van der Waals surface area contributed by atoms with Crippen molar-refractivity contribution < 1.29 is 5.11 Å². The van der Waals surface area contributed by atoms with Crippen LogP contribution in [0.5, 0.6) is 0 Å². The monoisotopic (exact) mass is 294 g/mol. The summed E-state index contributed by atoms with van der Waals surface area (Å²) in [6, 6.07) is 10.3. The summed E-state index contributed by atoms with van der Waals surface area (Å²) in [4.78, 5) is 6.86. The van der Waals surface area contributed by atoms with E-state index in [4.69, 9.17) is 0 Å². The van der Waals surface area contributed by atoms with Gasteiger partial charge in [0.05, 0.1) is 11.6 Å². The lowest BCUT2D eigenvalue weighted by molar-refractivity contribution is -0.0444. The van der Waals surface area contributed by atoms with Crippen LogP contribution in [0, 0.1) is 11.8 Å². The Balaban J connectivity index is 1.67. The summed E-state index contributed by atoms with van der Waals surface area (Å²) in [7, 11) is 0. The quantitative estimate of drug-likeness (QED) is 0.883. The van der Waals surface area contributed by atoms with Gasteiger partial charge >= 0.3 is 0 Å². The highest BCUT2D eigenvalue weighted by Crippen LogP contribution is 2.41. The van der Waals surface area contributed by atoms with Gasteiger partial charge in [0.25, 0.3) is 0 Å². The molecule has 22 heavy (non-hydrogen) atoms. The molecule has 1 aromatic heterocycles. The van der Waals surface area contributed by atoms with Gasteiger partial charge in [-0.2, -0.15) is 0 Å². The van der Waals surface area contributed by atoms with Crippen LogP contribution in [-0.2, 0) is 0 Å². The topological polar surface area (TPSA) is 36.4 Å². The lowest BCUT2D eigenvalue weighted by Crippen LogP contribution is -2.54. The molecular formula is C19H22N2O. The molecule has 3 nitrogen and oxygen atoms in total. The molecule has 2 bridgehead atoms. The fraction of sp³-hybridized carbons (Fsp3) is 0.421. The zero-order valence-electron chi connectivity index (χ0n) is 12.7. The molecule has 0 saturated carbocycles. The number of fused-ring (bicyclic) bond motifs is 4. The highest BCUT2D eigenvalue weighted by Gasteiger charge is 2.42. The van der Waals surface area contributed by atoms with Gasteiger partial charge in [0.1, 0.15) is 0 Å². The molecule has 5 atom stereocenters. The lowest BCUT2D eigenvalue weighted by atomic mass is 9.73. The van der Waals surface area contributed by atoms with Crippen LogP contribution in [-0.4, -0.2) is 34.1 Å². The summed E-state index contributed by atoms with van der Waals surface area (Å²) in [6.45, 7) is 6.11. The summed E-state index contributed by atoms with van der Waals surface area (Å²) in [6.07, 6.45) is 5.76. The molecule has 2 unspecified atom stereocenters. The average molecular weight is 294 g/mol. The van der Waals surface area contributed by atoms with Gasteiger partial charge in [-0.1, -0.05) is 24.3 Å². The van der Waals surface area contributed by atoms with E-state index in [1.54, 1.807) is 0 Å². The largest absolute Gasteiger partial charge is 0.387 e. The Morgan fingerprint density at radius 1 is 1.32 bits per heavy atom. The number of hydrogen-bond acceptors (Lipinski definition) is 3. The normalized spacial score (nSPS) is 32.0. The average Bonchev–Trinajstić information content (AvgIpc) is 2.60. The van der Waals surface area contributed by atoms with Crippen molar-refractivity contribution in [2.24, 2.45) is 11.8 Å². The molecule has 3 aliphatic rings. The van der Waals surface area contributed by atoms with Gasteiger partial charge in [-0.3, -0.25) is 9.88 Å². The molecule has 1 N–H and O–H groups in total. The maximum atomic E-state index is 11.0. The molecule has 2 aromatic rings. The number of rotatable bonds is 3. The van der Waals surface area contributed by atoms with Crippen LogP contribution in [0.4, 0.5) is 0 Å². The number of para-hydroxylation sites is 1. The van der Waals surface area contributed by atoms with Crippen LogP contribution in [0.15, 0.2) is 49.2 Å². The maximum Gasteiger partial charge on any atom is 0.0952 e. The molecule has 5 rings (SSSR count). The second-order valence-electron chi connectivity index (χ2n) is 6.61. The molecule has 3 heteroatoms. The minimum Gasteiger partial charge on any atom is -0.387 e. The standard InChI is InChI=1S/C19H22N2O/c1-2-13-12-21-10-8-14(13)11-18(21)19(22)16-7-9-20-17-6-4-3-5-15(16)17/h2-7,9,13-14,18-19,22H,1,8,10-12H2/t13?,14-,18-,19+/m1/s1. The Kier molecular flexibility index (Phi) is 3.47. The number of aliphatic hydroxyl groups is 1. The van der Waals surface area contributed by atoms with E-state index in [9.17, 15) is 5.11 Å². The summed E-state index contributed by atoms with van der Waals surface area (Å²) in [5.74, 6) is 1.27. The molecular weight excluding hydrogens is 272 g/mol. The first-order valence-electron chi connectivity index (χ1n) is 8.16. The third-order valence-electron chi connectivity index (χ3n) is 5.52. The molecule has 0 spiro atoms. The van der Waals surface area contributed by atoms with Crippen LogP contribution >= 0.6 is 0 Å². The van der Waals surface area contributed by atoms with Gasteiger partial charge in [-0.05, 0) is 48.9 Å². The van der Waals surface area contributed by atoms with E-state index in [1.165, 1.54) is 6.42 Å². The smallest absolute Gasteiger partial charge is 0.0952 e. The van der Waals surface area contributed by atoms with Gasteiger partial charge in [0.15, 0.2) is 0 Å². The van der Waals surface area contributed by atoms with Crippen LogP contribution < -0.4 is 0 Å². The Labute approximate surface area is 131 Å². The second-order valence-corrected chi connectivity index (χ2v) is 6.61. The maximum absolute atomic E-state index is 11.0. The number of hydrogen-bond donors (Lipinski definition) is 1. The number of aliphatic hydroxyl groups excluding tert-OH is 1. The van der Waals surface area contributed by atoms with E-state index in [-0.39, 0.29) is 6.04 Å². The van der Waals surface area contributed by atoms with Gasteiger partial charge in [0.2, 0.25) is 0 Å². The van der Waals surface area contributed by atoms with Gasteiger partial charge in [-0.15, -0.1) is 6.58 Å². The number of aromatic nitrogens is 1. The first kappa shape index (κ1) is 13.9. The number of pyridine rings is 1. The van der Waals surface area contributed by atoms with Gasteiger partial charge in [-0.25, -0.2) is 0 Å². The molecule has 0 radical (unpaired) electrons. The fourth-order valence-corrected chi connectivity index (χ4v) is 4.29. The first-order valence-corrected chi connectivity index (χ1v) is 8.16.